The van der Waals surface area contributed by atoms with Crippen molar-refractivity contribution in [1.29, 1.82) is 0 Å². The number of nitrogens with one attached hydrogen (secondary N) is 2. The van der Waals surface area contributed by atoms with Crippen molar-refractivity contribution in [2.75, 3.05) is 11.9 Å². The van der Waals surface area contributed by atoms with Gasteiger partial charge < -0.3 is 20.1 Å². The number of benzene rings is 1. The van der Waals surface area contributed by atoms with Gasteiger partial charge in [-0.25, -0.2) is 9.78 Å². The maximum absolute atomic E-state index is 11.7. The smallest absolute Gasteiger partial charge is 0.338 e. The molecule has 0 amide bonds. The Balaban J connectivity index is 1.73. The average Bonchev–Trinajstić information content (AvgIpc) is 2.91. The minimum Gasteiger partial charge on any atom is -0.462 e. The van der Waals surface area contributed by atoms with Gasteiger partial charge in [-0.05, 0) is 50.8 Å². The topological polar surface area (TPSA) is 87.2 Å². The first-order valence-corrected chi connectivity index (χ1v) is 7.77. The second-order valence-corrected chi connectivity index (χ2v) is 5.69. The molecule has 0 aliphatic heterocycles. The highest BCUT2D eigenvalue weighted by atomic mass is 16.5. The number of carbonyl (C=O) groups excluding carboxylic acids is 1. The van der Waals surface area contributed by atoms with Gasteiger partial charge in [-0.15, -0.1) is 0 Å². The van der Waals surface area contributed by atoms with E-state index in [4.69, 9.17) is 4.74 Å². The summed E-state index contributed by atoms with van der Waals surface area (Å²) >= 11 is 0. The third-order valence-corrected chi connectivity index (χ3v) is 4.03. The third kappa shape index (κ3) is 3.22. The van der Waals surface area contributed by atoms with Crippen LogP contribution in [0.15, 0.2) is 18.2 Å². The fourth-order valence-electron chi connectivity index (χ4n) is 2.83. The van der Waals surface area contributed by atoms with E-state index in [9.17, 15) is 9.90 Å². The lowest BCUT2D eigenvalue weighted by molar-refractivity contribution is 0.0526. The van der Waals surface area contributed by atoms with E-state index in [1.54, 1.807) is 19.1 Å². The summed E-state index contributed by atoms with van der Waals surface area (Å²) < 4.78 is 5.00. The van der Waals surface area contributed by atoms with Crippen LogP contribution in [0, 0.1) is 0 Å². The highest BCUT2D eigenvalue weighted by Crippen LogP contribution is 2.23. The number of H-pyrrole nitrogens is 1. The van der Waals surface area contributed by atoms with Crippen molar-refractivity contribution in [2.24, 2.45) is 0 Å². The van der Waals surface area contributed by atoms with E-state index in [0.717, 1.165) is 36.7 Å². The van der Waals surface area contributed by atoms with Crippen LogP contribution >= 0.6 is 0 Å². The largest absolute Gasteiger partial charge is 0.462 e. The van der Waals surface area contributed by atoms with Crippen LogP contribution in [0.1, 0.15) is 43.0 Å². The molecule has 2 aromatic rings. The normalized spacial score (nSPS) is 21.7. The van der Waals surface area contributed by atoms with Gasteiger partial charge in [-0.2, -0.15) is 0 Å². The molecule has 1 saturated carbocycles. The lowest BCUT2D eigenvalue weighted by atomic mass is 9.93. The Bertz CT molecular complexity index is 660. The number of carbonyl (C=O) groups is 1. The zero-order valence-corrected chi connectivity index (χ0v) is 12.6. The van der Waals surface area contributed by atoms with Crippen LogP contribution in [0.25, 0.3) is 11.0 Å². The highest BCUT2D eigenvalue weighted by molar-refractivity contribution is 5.94. The average molecular weight is 303 g/mol. The first-order chi connectivity index (χ1) is 10.7. The van der Waals surface area contributed by atoms with Gasteiger partial charge in [0.25, 0.3) is 0 Å². The Kier molecular flexibility index (Phi) is 4.29. The first kappa shape index (κ1) is 14.8. The number of fused-ring (bicyclic) bond motifs is 1. The van der Waals surface area contributed by atoms with Gasteiger partial charge in [0.1, 0.15) is 0 Å². The summed E-state index contributed by atoms with van der Waals surface area (Å²) in [5.74, 6) is 0.382. The monoisotopic (exact) mass is 303 g/mol. The van der Waals surface area contributed by atoms with Gasteiger partial charge in [0.15, 0.2) is 0 Å². The van der Waals surface area contributed by atoms with E-state index in [1.807, 2.05) is 6.07 Å². The first-order valence-electron chi connectivity index (χ1n) is 7.77. The molecule has 6 nitrogen and oxygen atoms in total. The Morgan fingerprint density at radius 2 is 2.18 bits per heavy atom. The summed E-state index contributed by atoms with van der Waals surface area (Å²) in [4.78, 5) is 19.4. The third-order valence-electron chi connectivity index (χ3n) is 4.03. The lowest BCUT2D eigenvalue weighted by Gasteiger charge is -2.25. The second-order valence-electron chi connectivity index (χ2n) is 5.69. The number of aromatic nitrogens is 2. The summed E-state index contributed by atoms with van der Waals surface area (Å²) in [5.41, 5.74) is 2.14. The molecule has 3 N–H and O–H groups in total. The van der Waals surface area contributed by atoms with Crippen LogP contribution in [-0.4, -0.2) is 39.8 Å². The molecular formula is C16H21N3O3. The number of anilines is 1. The molecule has 0 saturated heterocycles. The fraction of sp³-hybridized carbons (Fsp3) is 0.500. The lowest BCUT2D eigenvalue weighted by Crippen LogP contribution is -2.28. The highest BCUT2D eigenvalue weighted by Gasteiger charge is 2.20. The molecule has 0 bridgehead atoms. The molecular weight excluding hydrogens is 282 g/mol. The number of hydrogen-bond acceptors (Lipinski definition) is 5. The number of esters is 1. The van der Waals surface area contributed by atoms with E-state index in [-0.39, 0.29) is 12.1 Å². The van der Waals surface area contributed by atoms with Crippen LogP contribution < -0.4 is 5.32 Å². The predicted molar refractivity (Wildman–Crippen MR) is 83.9 cm³/mol. The molecule has 118 valence electrons. The molecule has 1 heterocycles. The number of aromatic amines is 1. The van der Waals surface area contributed by atoms with Gasteiger partial charge in [0, 0.05) is 6.04 Å². The molecule has 0 radical (unpaired) electrons. The quantitative estimate of drug-likeness (QED) is 0.755. The zero-order chi connectivity index (χ0) is 15.5. The maximum atomic E-state index is 11.7. The molecule has 0 atom stereocenters. The van der Waals surface area contributed by atoms with Crippen LogP contribution in [0.5, 0.6) is 0 Å². The Morgan fingerprint density at radius 1 is 1.41 bits per heavy atom. The number of aliphatic hydroxyl groups is 1. The van der Waals surface area contributed by atoms with Crippen molar-refractivity contribution in [3.05, 3.63) is 23.8 Å². The molecule has 3 rings (SSSR count). The van der Waals surface area contributed by atoms with E-state index >= 15 is 0 Å². The van der Waals surface area contributed by atoms with E-state index in [2.05, 4.69) is 15.3 Å². The molecule has 1 aliphatic carbocycles. The maximum Gasteiger partial charge on any atom is 0.338 e. The second kappa shape index (κ2) is 6.36. The summed E-state index contributed by atoms with van der Waals surface area (Å²) in [5, 5.41) is 12.9. The summed E-state index contributed by atoms with van der Waals surface area (Å²) in [6, 6.07) is 5.62. The molecule has 0 spiro atoms. The van der Waals surface area contributed by atoms with Gasteiger partial charge in [0.2, 0.25) is 5.95 Å². The van der Waals surface area contributed by atoms with Crippen LogP contribution in [0.3, 0.4) is 0 Å². The van der Waals surface area contributed by atoms with Crippen molar-refractivity contribution in [3.8, 4) is 0 Å². The van der Waals surface area contributed by atoms with E-state index < -0.39 is 0 Å². The van der Waals surface area contributed by atoms with Gasteiger partial charge in [-0.3, -0.25) is 0 Å². The van der Waals surface area contributed by atoms with Crippen molar-refractivity contribution in [1.82, 2.24) is 9.97 Å². The molecule has 1 aliphatic rings. The summed E-state index contributed by atoms with van der Waals surface area (Å²) in [6.45, 7) is 2.15. The SMILES string of the molecule is CCOC(=O)c1ccc2nc(NC3CCC(O)CC3)[nH]c2c1. The van der Waals surface area contributed by atoms with E-state index in [0.29, 0.717) is 24.2 Å². The number of ether oxygens (including phenoxy) is 1. The fourth-order valence-corrected chi connectivity index (χ4v) is 2.83. The molecule has 6 heteroatoms. The minimum atomic E-state index is -0.324. The van der Waals surface area contributed by atoms with E-state index in [1.165, 1.54) is 0 Å². The number of nitrogens with zero attached hydrogens (tertiary/aromatic N) is 1. The van der Waals surface area contributed by atoms with Crippen LogP contribution in [-0.2, 0) is 4.74 Å². The molecule has 1 fully saturated rings. The molecule has 0 unspecified atom stereocenters. The van der Waals surface area contributed by atoms with Crippen molar-refractivity contribution < 1.29 is 14.6 Å². The minimum absolute atomic E-state index is 0.166. The Labute approximate surface area is 128 Å². The number of hydrogen-bond donors (Lipinski definition) is 3. The zero-order valence-electron chi connectivity index (χ0n) is 12.6. The molecule has 22 heavy (non-hydrogen) atoms. The van der Waals surface area contributed by atoms with Crippen LogP contribution in [0.4, 0.5) is 5.95 Å². The van der Waals surface area contributed by atoms with Gasteiger partial charge in [-0.1, -0.05) is 0 Å². The van der Waals surface area contributed by atoms with Crippen molar-refractivity contribution in [2.45, 2.75) is 44.8 Å². The number of aliphatic hydroxyl groups excluding tert-OH is 1. The molecule has 1 aromatic carbocycles. The van der Waals surface area contributed by atoms with Gasteiger partial charge >= 0.3 is 5.97 Å². The number of rotatable bonds is 4. The Hall–Kier alpha value is -2.08. The van der Waals surface area contributed by atoms with Crippen LogP contribution in [0.2, 0.25) is 0 Å². The Morgan fingerprint density at radius 3 is 2.91 bits per heavy atom. The molecule has 1 aromatic heterocycles. The summed E-state index contributed by atoms with van der Waals surface area (Å²) in [6.07, 6.45) is 3.36. The van der Waals surface area contributed by atoms with Crippen molar-refractivity contribution in [3.63, 3.8) is 0 Å². The van der Waals surface area contributed by atoms with Crippen molar-refractivity contribution >= 4 is 23.0 Å². The predicted octanol–water partition coefficient (Wildman–Crippen LogP) is 2.46. The standard InChI is InChI=1S/C16H21N3O3/c1-2-22-15(21)10-3-8-13-14(9-10)19-16(18-13)17-11-4-6-12(20)7-5-11/h3,8-9,11-12,20H,2,4-7H2,1H3,(H2,17,18,19). The number of imidazole rings is 1. The summed E-state index contributed by atoms with van der Waals surface area (Å²) in [7, 11) is 0. The van der Waals surface area contributed by atoms with Gasteiger partial charge in [0.05, 0.1) is 29.3 Å².